The fourth-order valence-electron chi connectivity index (χ4n) is 3.22. The molecule has 3 rings (SSSR count). The Morgan fingerprint density at radius 3 is 2.81 bits per heavy atom. The molecule has 1 aromatic heterocycles. The van der Waals surface area contributed by atoms with Crippen LogP contribution in [0.5, 0.6) is 0 Å². The molecular weight excluding hydrogens is 332 g/mol. The molecule has 1 amide bonds. The fraction of sp³-hybridized carbons (Fsp3) is 0.474. The van der Waals surface area contributed by atoms with Gasteiger partial charge in [-0.25, -0.2) is 14.8 Å². The molecule has 1 fully saturated rings. The van der Waals surface area contributed by atoms with Crippen LogP contribution in [0, 0.1) is 5.92 Å². The predicted molar refractivity (Wildman–Crippen MR) is 97.9 cm³/mol. The number of piperidine rings is 1. The Labute approximate surface area is 152 Å². The first-order valence-electron chi connectivity index (χ1n) is 8.95. The van der Waals surface area contributed by atoms with E-state index in [1.807, 2.05) is 38.1 Å². The quantitative estimate of drug-likeness (QED) is 0.844. The molecule has 1 atom stereocenters. The van der Waals surface area contributed by atoms with E-state index in [4.69, 9.17) is 10.5 Å². The van der Waals surface area contributed by atoms with Gasteiger partial charge in [0.2, 0.25) is 5.91 Å². The van der Waals surface area contributed by atoms with Gasteiger partial charge in [0.15, 0.2) is 12.4 Å². The number of aromatic nitrogens is 2. The minimum Gasteiger partial charge on any atom is -0.456 e. The summed E-state index contributed by atoms with van der Waals surface area (Å²) in [5.74, 6) is 0.141. The smallest absolute Gasteiger partial charge is 0.329 e. The molecule has 2 aromatic rings. The average molecular weight is 356 g/mol. The Morgan fingerprint density at radius 2 is 2.04 bits per heavy atom. The van der Waals surface area contributed by atoms with Crippen LogP contribution in [0.1, 0.15) is 38.9 Å². The molecular formula is C19H24N4O3. The summed E-state index contributed by atoms with van der Waals surface area (Å²) in [5, 5.41) is 0.767. The summed E-state index contributed by atoms with van der Waals surface area (Å²) < 4.78 is 5.42. The number of carbonyl (C=O) groups excluding carboxylic acids is 2. The van der Waals surface area contributed by atoms with Crippen LogP contribution in [0.4, 0.5) is 5.82 Å². The molecule has 138 valence electrons. The first kappa shape index (κ1) is 18.1. The number of hydrogen-bond donors (Lipinski definition) is 1. The second-order valence-electron chi connectivity index (χ2n) is 6.85. The third kappa shape index (κ3) is 3.76. The van der Waals surface area contributed by atoms with Gasteiger partial charge in [0.25, 0.3) is 0 Å². The summed E-state index contributed by atoms with van der Waals surface area (Å²) in [5.41, 5.74) is 6.67. The van der Waals surface area contributed by atoms with Crippen molar-refractivity contribution in [2.45, 2.75) is 45.8 Å². The maximum Gasteiger partial charge on any atom is 0.329 e. The zero-order valence-corrected chi connectivity index (χ0v) is 15.1. The molecule has 1 aliphatic heterocycles. The van der Waals surface area contributed by atoms with Gasteiger partial charge in [-0.15, -0.1) is 0 Å². The summed E-state index contributed by atoms with van der Waals surface area (Å²) >= 11 is 0. The Kier molecular flexibility index (Phi) is 5.35. The molecule has 1 aromatic carbocycles. The van der Waals surface area contributed by atoms with Crippen molar-refractivity contribution in [3.05, 3.63) is 30.1 Å². The van der Waals surface area contributed by atoms with E-state index in [1.54, 1.807) is 4.90 Å². The van der Waals surface area contributed by atoms with Crippen molar-refractivity contribution >= 4 is 28.6 Å². The number of nitrogen functional groups attached to an aromatic ring is 1. The molecule has 0 saturated carbocycles. The van der Waals surface area contributed by atoms with Crippen LogP contribution < -0.4 is 5.73 Å². The van der Waals surface area contributed by atoms with Crippen LogP contribution in [0.2, 0.25) is 0 Å². The number of nitrogens with zero attached hydrogens (tertiary/aromatic N) is 3. The second kappa shape index (κ2) is 7.68. The largest absolute Gasteiger partial charge is 0.456 e. The molecule has 0 spiro atoms. The molecule has 7 heteroatoms. The number of esters is 1. The monoisotopic (exact) mass is 356 g/mol. The molecule has 0 aliphatic carbocycles. The first-order chi connectivity index (χ1) is 12.5. The Hall–Kier alpha value is -2.70. The number of para-hydroxylation sites is 1. The highest BCUT2D eigenvalue weighted by Gasteiger charge is 2.34. The van der Waals surface area contributed by atoms with E-state index in [-0.39, 0.29) is 18.4 Å². The maximum absolute atomic E-state index is 12.6. The second-order valence-corrected chi connectivity index (χ2v) is 6.85. The highest BCUT2D eigenvalue weighted by atomic mass is 16.5. The molecule has 2 heterocycles. The Balaban J connectivity index is 1.70. The van der Waals surface area contributed by atoms with Gasteiger partial charge in [-0.3, -0.25) is 4.79 Å². The van der Waals surface area contributed by atoms with Crippen molar-refractivity contribution in [1.82, 2.24) is 14.9 Å². The molecule has 26 heavy (non-hydrogen) atoms. The van der Waals surface area contributed by atoms with E-state index in [0.717, 1.165) is 18.2 Å². The summed E-state index contributed by atoms with van der Waals surface area (Å²) in [7, 11) is 0. The number of anilines is 1. The predicted octanol–water partition coefficient (Wildman–Crippen LogP) is 2.29. The zero-order valence-electron chi connectivity index (χ0n) is 15.1. The number of rotatable bonds is 4. The zero-order chi connectivity index (χ0) is 18.7. The lowest BCUT2D eigenvalue weighted by Crippen LogP contribution is -2.50. The topological polar surface area (TPSA) is 98.4 Å². The van der Waals surface area contributed by atoms with Crippen LogP contribution in [0.15, 0.2) is 24.3 Å². The van der Waals surface area contributed by atoms with E-state index in [0.29, 0.717) is 30.1 Å². The van der Waals surface area contributed by atoms with Crippen molar-refractivity contribution in [3.63, 3.8) is 0 Å². The van der Waals surface area contributed by atoms with Gasteiger partial charge in [0, 0.05) is 17.8 Å². The van der Waals surface area contributed by atoms with Gasteiger partial charge >= 0.3 is 5.97 Å². The van der Waals surface area contributed by atoms with Crippen molar-refractivity contribution < 1.29 is 14.3 Å². The molecule has 1 aliphatic rings. The van der Waals surface area contributed by atoms with Crippen molar-refractivity contribution in [3.8, 4) is 0 Å². The lowest BCUT2D eigenvalue weighted by Gasteiger charge is -2.35. The number of likely N-dealkylation sites (tertiary alicyclic amines) is 1. The number of benzene rings is 1. The van der Waals surface area contributed by atoms with Gasteiger partial charge in [-0.1, -0.05) is 26.0 Å². The molecule has 2 N–H and O–H groups in total. The standard InChI is InChI=1S/C19H24N4O3/c1-12(2)18(24)23-10-6-5-9-15(23)19(25)26-11-16-21-14-8-4-3-7-13(14)17(20)22-16/h3-4,7-8,12,15H,5-6,9-11H2,1-2H3,(H2,20,21,22). The van der Waals surface area contributed by atoms with E-state index < -0.39 is 12.0 Å². The highest BCUT2D eigenvalue weighted by Crippen LogP contribution is 2.21. The van der Waals surface area contributed by atoms with Crippen molar-refractivity contribution in [2.24, 2.45) is 5.92 Å². The average Bonchev–Trinajstić information content (AvgIpc) is 2.65. The Bertz CT molecular complexity index is 822. The number of nitrogens with two attached hydrogens (primary N) is 1. The van der Waals surface area contributed by atoms with Gasteiger partial charge in [0.1, 0.15) is 11.9 Å². The molecule has 1 unspecified atom stereocenters. The maximum atomic E-state index is 12.6. The van der Waals surface area contributed by atoms with E-state index in [1.165, 1.54) is 0 Å². The van der Waals surface area contributed by atoms with Crippen molar-refractivity contribution in [2.75, 3.05) is 12.3 Å². The number of amides is 1. The van der Waals surface area contributed by atoms with Crippen LogP contribution in [-0.2, 0) is 20.9 Å². The van der Waals surface area contributed by atoms with Crippen LogP contribution in [-0.4, -0.2) is 39.3 Å². The minimum absolute atomic E-state index is 0.0159. The number of carbonyl (C=O) groups is 2. The normalized spacial score (nSPS) is 17.5. The summed E-state index contributed by atoms with van der Waals surface area (Å²) in [6.07, 6.45) is 2.44. The van der Waals surface area contributed by atoms with E-state index >= 15 is 0 Å². The number of fused-ring (bicyclic) bond motifs is 1. The lowest BCUT2D eigenvalue weighted by molar-refractivity contribution is -0.159. The first-order valence-corrected chi connectivity index (χ1v) is 8.95. The molecule has 1 saturated heterocycles. The van der Waals surface area contributed by atoms with Crippen molar-refractivity contribution in [1.29, 1.82) is 0 Å². The fourth-order valence-corrected chi connectivity index (χ4v) is 3.22. The summed E-state index contributed by atoms with van der Waals surface area (Å²) in [6.45, 7) is 4.21. The molecule has 0 radical (unpaired) electrons. The van der Waals surface area contributed by atoms with Crippen LogP contribution in [0.25, 0.3) is 10.9 Å². The van der Waals surface area contributed by atoms with Gasteiger partial charge < -0.3 is 15.4 Å². The van der Waals surface area contributed by atoms with E-state index in [9.17, 15) is 9.59 Å². The SMILES string of the molecule is CC(C)C(=O)N1CCCCC1C(=O)OCc1nc(N)c2ccccc2n1. The molecule has 7 nitrogen and oxygen atoms in total. The van der Waals surface area contributed by atoms with E-state index in [2.05, 4.69) is 9.97 Å². The highest BCUT2D eigenvalue weighted by molar-refractivity contribution is 5.88. The summed E-state index contributed by atoms with van der Waals surface area (Å²) in [4.78, 5) is 35.2. The number of ether oxygens (including phenoxy) is 1. The van der Waals surface area contributed by atoms with Crippen LogP contribution >= 0.6 is 0 Å². The van der Waals surface area contributed by atoms with Gasteiger partial charge in [-0.2, -0.15) is 0 Å². The van der Waals surface area contributed by atoms with Gasteiger partial charge in [0.05, 0.1) is 5.52 Å². The lowest BCUT2D eigenvalue weighted by atomic mass is 10.00. The summed E-state index contributed by atoms with van der Waals surface area (Å²) in [6, 6.07) is 6.88. The van der Waals surface area contributed by atoms with Crippen LogP contribution in [0.3, 0.4) is 0 Å². The minimum atomic E-state index is -0.531. The Morgan fingerprint density at radius 1 is 1.27 bits per heavy atom. The molecule has 0 bridgehead atoms. The third-order valence-corrected chi connectivity index (χ3v) is 4.57. The van der Waals surface area contributed by atoms with Gasteiger partial charge in [-0.05, 0) is 31.4 Å². The number of hydrogen-bond acceptors (Lipinski definition) is 6. The third-order valence-electron chi connectivity index (χ3n) is 4.57.